The van der Waals surface area contributed by atoms with E-state index in [1.165, 1.54) is 11.1 Å². The predicted molar refractivity (Wildman–Crippen MR) is 53.3 cm³/mol. The molecule has 0 atom stereocenters. The molecule has 0 fully saturated rings. The average molecular weight is 203 g/mol. The lowest BCUT2D eigenvalue weighted by molar-refractivity contribution is 0.112. The first-order chi connectivity index (χ1) is 7.29. The number of azide groups is 1. The van der Waals surface area contributed by atoms with Crippen molar-refractivity contribution >= 4 is 6.09 Å². The zero-order chi connectivity index (χ0) is 10.7. The van der Waals surface area contributed by atoms with Crippen LogP contribution in [0.3, 0.4) is 0 Å². The minimum atomic E-state index is -0.852. The van der Waals surface area contributed by atoms with Crippen molar-refractivity contribution in [2.24, 2.45) is 5.11 Å². The Hall–Kier alpha value is -2.00. The van der Waals surface area contributed by atoms with Gasteiger partial charge in [-0.05, 0) is 16.7 Å². The molecule has 0 radical (unpaired) electrons. The van der Waals surface area contributed by atoms with Gasteiger partial charge in [0.1, 0.15) is 6.10 Å². The quantitative estimate of drug-likeness (QED) is 0.399. The van der Waals surface area contributed by atoms with Gasteiger partial charge in [0.25, 0.3) is 0 Å². The predicted octanol–water partition coefficient (Wildman–Crippen LogP) is 2.60. The summed E-state index contributed by atoms with van der Waals surface area (Å²) in [4.78, 5) is 13.3. The molecule has 0 aliphatic heterocycles. The van der Waals surface area contributed by atoms with Gasteiger partial charge in [-0.1, -0.05) is 24.3 Å². The fraction of sp³-hybridized carbons (Fsp3) is 0.300. The minimum absolute atomic E-state index is 0.194. The van der Waals surface area contributed by atoms with E-state index >= 15 is 0 Å². The molecule has 0 saturated heterocycles. The normalized spacial score (nSPS) is 14.1. The number of amides is 1. The second-order valence-electron chi connectivity index (χ2n) is 3.37. The van der Waals surface area contributed by atoms with Crippen molar-refractivity contribution in [1.82, 2.24) is 0 Å². The van der Waals surface area contributed by atoms with Gasteiger partial charge in [-0.2, -0.15) is 0 Å². The molecule has 1 aromatic rings. The van der Waals surface area contributed by atoms with Crippen LogP contribution < -0.4 is 0 Å². The van der Waals surface area contributed by atoms with E-state index in [4.69, 9.17) is 10.3 Å². The third-order valence-corrected chi connectivity index (χ3v) is 2.41. The topological polar surface area (TPSA) is 75.1 Å². The van der Waals surface area contributed by atoms with Crippen molar-refractivity contribution in [2.75, 3.05) is 0 Å². The van der Waals surface area contributed by atoms with Crippen LogP contribution in [0.25, 0.3) is 10.4 Å². The largest absolute Gasteiger partial charge is 0.457 e. The molecule has 15 heavy (non-hydrogen) atoms. The van der Waals surface area contributed by atoms with Gasteiger partial charge in [-0.25, -0.2) is 4.79 Å². The van der Waals surface area contributed by atoms with E-state index in [2.05, 4.69) is 10.0 Å². The fourth-order valence-electron chi connectivity index (χ4n) is 1.80. The Morgan fingerprint density at radius 3 is 2.53 bits per heavy atom. The van der Waals surface area contributed by atoms with Crippen LogP contribution in [0.5, 0.6) is 0 Å². The van der Waals surface area contributed by atoms with Gasteiger partial charge < -0.3 is 4.74 Å². The molecule has 5 nitrogen and oxygen atoms in total. The van der Waals surface area contributed by atoms with Crippen LogP contribution in [0.2, 0.25) is 0 Å². The van der Waals surface area contributed by atoms with E-state index in [-0.39, 0.29) is 6.10 Å². The molecular weight excluding hydrogens is 194 g/mol. The second-order valence-corrected chi connectivity index (χ2v) is 3.37. The molecule has 76 valence electrons. The minimum Gasteiger partial charge on any atom is -0.457 e. The van der Waals surface area contributed by atoms with Gasteiger partial charge in [-0.15, -0.1) is 0 Å². The number of benzene rings is 1. The Balaban J connectivity index is 2.01. The van der Waals surface area contributed by atoms with Crippen molar-refractivity contribution in [2.45, 2.75) is 18.9 Å². The van der Waals surface area contributed by atoms with Crippen LogP contribution in [0.1, 0.15) is 11.1 Å². The maximum Gasteiger partial charge on any atom is 0.397 e. The number of carbonyl (C=O) groups excluding carboxylic acids is 1. The van der Waals surface area contributed by atoms with E-state index in [1.807, 2.05) is 24.3 Å². The molecule has 2 rings (SSSR count). The van der Waals surface area contributed by atoms with Crippen molar-refractivity contribution < 1.29 is 9.53 Å². The van der Waals surface area contributed by atoms with Crippen LogP contribution in [-0.4, -0.2) is 12.2 Å². The maximum absolute atomic E-state index is 10.9. The van der Waals surface area contributed by atoms with Crippen LogP contribution in [0.4, 0.5) is 4.79 Å². The lowest BCUT2D eigenvalue weighted by Gasteiger charge is -2.07. The van der Waals surface area contributed by atoms with E-state index in [0.717, 1.165) is 0 Å². The fourth-order valence-corrected chi connectivity index (χ4v) is 1.80. The second kappa shape index (κ2) is 4.02. The summed E-state index contributed by atoms with van der Waals surface area (Å²) in [6.07, 6.45) is 0.349. The molecule has 1 amide bonds. The zero-order valence-electron chi connectivity index (χ0n) is 7.96. The Kier molecular flexibility index (Phi) is 2.56. The molecule has 0 heterocycles. The number of fused-ring (bicyclic) bond motifs is 1. The molecule has 5 heteroatoms. The van der Waals surface area contributed by atoms with Crippen molar-refractivity contribution in [3.8, 4) is 0 Å². The van der Waals surface area contributed by atoms with Crippen molar-refractivity contribution in [1.29, 1.82) is 0 Å². The number of carbonyl (C=O) groups is 1. The third kappa shape index (κ3) is 2.08. The smallest absolute Gasteiger partial charge is 0.397 e. The first-order valence-corrected chi connectivity index (χ1v) is 4.62. The Labute approximate surface area is 86.3 Å². The third-order valence-electron chi connectivity index (χ3n) is 2.41. The molecule has 1 aliphatic rings. The summed E-state index contributed by atoms with van der Waals surface area (Å²) in [5.41, 5.74) is 10.4. The molecule has 0 aromatic heterocycles. The van der Waals surface area contributed by atoms with Gasteiger partial charge in [-0.3, -0.25) is 0 Å². The molecule has 1 aliphatic carbocycles. The molecule has 1 aromatic carbocycles. The summed E-state index contributed by atoms with van der Waals surface area (Å²) >= 11 is 0. The first-order valence-electron chi connectivity index (χ1n) is 4.62. The molecule has 0 spiro atoms. The monoisotopic (exact) mass is 203 g/mol. The molecule has 0 bridgehead atoms. The Morgan fingerprint density at radius 1 is 1.40 bits per heavy atom. The lowest BCUT2D eigenvalue weighted by Crippen LogP contribution is -2.15. The summed E-state index contributed by atoms with van der Waals surface area (Å²) in [7, 11) is 0. The lowest BCUT2D eigenvalue weighted by atomic mass is 10.1. The van der Waals surface area contributed by atoms with Gasteiger partial charge >= 0.3 is 6.09 Å². The number of hydrogen-bond donors (Lipinski definition) is 0. The number of rotatable bonds is 1. The number of ether oxygens (including phenoxy) is 1. The van der Waals surface area contributed by atoms with E-state index in [1.54, 1.807) is 0 Å². The highest BCUT2D eigenvalue weighted by Gasteiger charge is 2.23. The Morgan fingerprint density at radius 2 is 2.00 bits per heavy atom. The SMILES string of the molecule is [N-]=[N+]=NC(=O)OC1Cc2ccccc2C1. The highest BCUT2D eigenvalue weighted by Crippen LogP contribution is 2.23. The van der Waals surface area contributed by atoms with Crippen LogP contribution in [0.15, 0.2) is 29.4 Å². The van der Waals surface area contributed by atoms with Gasteiger partial charge in [0.2, 0.25) is 0 Å². The van der Waals surface area contributed by atoms with Crippen LogP contribution >= 0.6 is 0 Å². The summed E-state index contributed by atoms with van der Waals surface area (Å²) in [6.45, 7) is 0. The van der Waals surface area contributed by atoms with Crippen molar-refractivity contribution in [3.63, 3.8) is 0 Å². The van der Waals surface area contributed by atoms with Gasteiger partial charge in [0.05, 0.1) is 0 Å². The summed E-state index contributed by atoms with van der Waals surface area (Å²) in [5.74, 6) is 0. The molecule has 0 saturated carbocycles. The number of hydrogen-bond acceptors (Lipinski definition) is 2. The van der Waals surface area contributed by atoms with Crippen molar-refractivity contribution in [3.05, 3.63) is 45.8 Å². The standard InChI is InChI=1S/C10H9N3O2/c11-13-12-10(14)15-9-5-7-3-1-2-4-8(7)6-9/h1-4,9H,5-6H2. The highest BCUT2D eigenvalue weighted by atomic mass is 16.6. The van der Waals surface area contributed by atoms with Crippen LogP contribution in [-0.2, 0) is 17.6 Å². The highest BCUT2D eigenvalue weighted by molar-refractivity contribution is 5.68. The Bertz CT molecular complexity index is 413. The first kappa shape index (κ1) is 9.55. The molecular formula is C10H9N3O2. The number of nitrogens with zero attached hydrogens (tertiary/aromatic N) is 3. The summed E-state index contributed by atoms with van der Waals surface area (Å²) < 4.78 is 4.97. The zero-order valence-corrected chi connectivity index (χ0v) is 7.96. The van der Waals surface area contributed by atoms with Gasteiger partial charge in [0, 0.05) is 22.9 Å². The van der Waals surface area contributed by atoms with E-state index in [0.29, 0.717) is 12.8 Å². The van der Waals surface area contributed by atoms with E-state index in [9.17, 15) is 4.79 Å². The summed E-state index contributed by atoms with van der Waals surface area (Å²) in [5, 5.41) is 2.87. The maximum atomic E-state index is 10.9. The summed E-state index contributed by atoms with van der Waals surface area (Å²) in [6, 6.07) is 7.93. The van der Waals surface area contributed by atoms with Gasteiger partial charge in [0.15, 0.2) is 0 Å². The van der Waals surface area contributed by atoms with E-state index < -0.39 is 6.09 Å². The molecule has 0 N–H and O–H groups in total. The average Bonchev–Trinajstić information content (AvgIpc) is 2.59. The molecule has 0 unspecified atom stereocenters. The van der Waals surface area contributed by atoms with Crippen LogP contribution in [0, 0.1) is 0 Å².